The first kappa shape index (κ1) is 13.6. The van der Waals surface area contributed by atoms with Crippen molar-refractivity contribution in [3.8, 4) is 0 Å². The Labute approximate surface area is 129 Å². The third kappa shape index (κ3) is 2.34. The molecule has 0 saturated carbocycles. The highest BCUT2D eigenvalue weighted by atomic mass is 79.9. The van der Waals surface area contributed by atoms with Gasteiger partial charge >= 0.3 is 0 Å². The molecule has 1 heterocycles. The number of rotatable bonds is 3. The van der Waals surface area contributed by atoms with Gasteiger partial charge in [-0.15, -0.1) is 11.6 Å². The van der Waals surface area contributed by atoms with E-state index in [-0.39, 0.29) is 11.7 Å². The van der Waals surface area contributed by atoms with Crippen LogP contribution in [0.2, 0.25) is 0 Å². The summed E-state index contributed by atoms with van der Waals surface area (Å²) in [5.74, 6) is 0.598. The van der Waals surface area contributed by atoms with Crippen molar-refractivity contribution in [1.82, 2.24) is 9.55 Å². The number of halogens is 3. The molecule has 0 radical (unpaired) electrons. The molecule has 0 amide bonds. The zero-order valence-corrected chi connectivity index (χ0v) is 12.8. The monoisotopic (exact) mass is 352 g/mol. The van der Waals surface area contributed by atoms with Crippen molar-refractivity contribution in [3.05, 3.63) is 64.1 Å². The minimum absolute atomic E-state index is 0.249. The topological polar surface area (TPSA) is 17.8 Å². The van der Waals surface area contributed by atoms with Gasteiger partial charge in [-0.2, -0.15) is 0 Å². The lowest BCUT2D eigenvalue weighted by molar-refractivity contribution is 0.637. The fourth-order valence-electron chi connectivity index (χ4n) is 2.24. The summed E-state index contributed by atoms with van der Waals surface area (Å²) in [5, 5.41) is 0. The van der Waals surface area contributed by atoms with Gasteiger partial charge in [-0.1, -0.05) is 40.2 Å². The van der Waals surface area contributed by atoms with Crippen LogP contribution >= 0.6 is 27.5 Å². The molecule has 0 aliphatic heterocycles. The predicted molar refractivity (Wildman–Crippen MR) is 82.5 cm³/mol. The predicted octanol–water partition coefficient (Wildman–Crippen LogP) is 4.73. The number of para-hydroxylation sites is 1. The molecule has 3 rings (SSSR count). The summed E-state index contributed by atoms with van der Waals surface area (Å²) in [6.45, 7) is 0.601. The van der Waals surface area contributed by atoms with Gasteiger partial charge in [-0.05, 0) is 23.8 Å². The van der Waals surface area contributed by atoms with E-state index in [0.717, 1.165) is 15.6 Å². The van der Waals surface area contributed by atoms with Gasteiger partial charge in [-0.25, -0.2) is 9.37 Å². The second-order valence-corrected chi connectivity index (χ2v) is 5.57. The number of nitrogens with zero attached hydrogens (tertiary/aromatic N) is 2. The molecule has 0 aliphatic carbocycles. The molecule has 2 aromatic carbocycles. The van der Waals surface area contributed by atoms with Crippen molar-refractivity contribution in [2.75, 3.05) is 0 Å². The minimum atomic E-state index is -0.320. The fourth-order valence-corrected chi connectivity index (χ4v) is 2.85. The minimum Gasteiger partial charge on any atom is -0.322 e. The number of benzene rings is 2. The second-order valence-electron chi connectivity index (χ2n) is 4.45. The summed E-state index contributed by atoms with van der Waals surface area (Å²) in [5.41, 5.74) is 2.23. The Balaban J connectivity index is 2.15. The third-order valence-corrected chi connectivity index (χ3v) is 4.23. The van der Waals surface area contributed by atoms with Crippen molar-refractivity contribution in [2.45, 2.75) is 12.4 Å². The van der Waals surface area contributed by atoms with Gasteiger partial charge in [0, 0.05) is 4.47 Å². The lowest BCUT2D eigenvalue weighted by Gasteiger charge is -2.09. The van der Waals surface area contributed by atoms with Crippen molar-refractivity contribution in [3.63, 3.8) is 0 Å². The zero-order valence-electron chi connectivity index (χ0n) is 10.5. The number of aromatic nitrogens is 2. The average Bonchev–Trinajstić information content (AvgIpc) is 2.81. The van der Waals surface area contributed by atoms with E-state index in [4.69, 9.17) is 11.6 Å². The van der Waals surface area contributed by atoms with Crippen molar-refractivity contribution in [2.24, 2.45) is 0 Å². The third-order valence-electron chi connectivity index (χ3n) is 3.21. The highest BCUT2D eigenvalue weighted by Gasteiger charge is 2.13. The van der Waals surface area contributed by atoms with E-state index in [2.05, 4.69) is 20.9 Å². The molecular formula is C15H11BrClFN2. The van der Waals surface area contributed by atoms with Gasteiger partial charge in [0.2, 0.25) is 0 Å². The van der Waals surface area contributed by atoms with Crippen molar-refractivity contribution in [1.29, 1.82) is 0 Å². The maximum absolute atomic E-state index is 13.8. The van der Waals surface area contributed by atoms with Gasteiger partial charge in [0.05, 0.1) is 17.9 Å². The average molecular weight is 354 g/mol. The van der Waals surface area contributed by atoms with Gasteiger partial charge in [-0.3, -0.25) is 0 Å². The van der Waals surface area contributed by atoms with Crippen LogP contribution in [0.15, 0.2) is 46.9 Å². The summed E-state index contributed by atoms with van der Waals surface area (Å²) in [6, 6.07) is 12.9. The fraction of sp³-hybridized carbons (Fsp3) is 0.133. The molecule has 0 spiro atoms. The highest BCUT2D eigenvalue weighted by Crippen LogP contribution is 2.24. The molecule has 0 bridgehead atoms. The van der Waals surface area contributed by atoms with Crippen LogP contribution in [0.25, 0.3) is 11.0 Å². The van der Waals surface area contributed by atoms with Crippen LogP contribution in [-0.2, 0) is 12.4 Å². The van der Waals surface area contributed by atoms with Gasteiger partial charge in [0.15, 0.2) is 5.82 Å². The molecule has 0 atom stereocenters. The molecule has 5 heteroatoms. The van der Waals surface area contributed by atoms with Crippen LogP contribution in [0.5, 0.6) is 0 Å². The van der Waals surface area contributed by atoms with Crippen LogP contribution in [-0.4, -0.2) is 9.55 Å². The first-order chi connectivity index (χ1) is 9.70. The Morgan fingerprint density at radius 2 is 1.95 bits per heavy atom. The Bertz CT molecular complexity index is 770. The van der Waals surface area contributed by atoms with Crippen LogP contribution in [0.1, 0.15) is 11.4 Å². The van der Waals surface area contributed by atoms with Crippen LogP contribution < -0.4 is 0 Å². The van der Waals surface area contributed by atoms with Gasteiger partial charge in [0.1, 0.15) is 11.3 Å². The summed E-state index contributed by atoms with van der Waals surface area (Å²) < 4.78 is 16.8. The molecule has 0 unspecified atom stereocenters. The van der Waals surface area contributed by atoms with E-state index in [0.29, 0.717) is 17.9 Å². The largest absolute Gasteiger partial charge is 0.322 e. The van der Waals surface area contributed by atoms with Crippen LogP contribution in [0.4, 0.5) is 4.39 Å². The number of imidazole rings is 1. The molecule has 1 aromatic heterocycles. The smallest absolute Gasteiger partial charge is 0.151 e. The highest BCUT2D eigenvalue weighted by molar-refractivity contribution is 9.10. The summed E-state index contributed by atoms with van der Waals surface area (Å²) in [4.78, 5) is 4.30. The maximum Gasteiger partial charge on any atom is 0.151 e. The second kappa shape index (κ2) is 5.54. The Hall–Kier alpha value is -1.39. The standard InChI is InChI=1S/C15H11BrClFN2/c16-11-5-2-1-4-10(11)9-20-13-7-3-6-12(18)15(13)19-14(20)8-17/h1-7H,8-9H2. The van der Waals surface area contributed by atoms with E-state index in [9.17, 15) is 4.39 Å². The molecular weight excluding hydrogens is 343 g/mol. The quantitative estimate of drug-likeness (QED) is 0.623. The van der Waals surface area contributed by atoms with Crippen LogP contribution in [0.3, 0.4) is 0 Å². The molecule has 0 aliphatic rings. The lowest BCUT2D eigenvalue weighted by Crippen LogP contribution is -2.04. The molecule has 20 heavy (non-hydrogen) atoms. The Kier molecular flexibility index (Phi) is 3.76. The van der Waals surface area contributed by atoms with E-state index in [1.54, 1.807) is 6.07 Å². The summed E-state index contributed by atoms with van der Waals surface area (Å²) in [7, 11) is 0. The first-order valence-electron chi connectivity index (χ1n) is 6.13. The zero-order chi connectivity index (χ0) is 14.1. The Morgan fingerprint density at radius 3 is 2.70 bits per heavy atom. The first-order valence-corrected chi connectivity index (χ1v) is 7.46. The molecule has 3 aromatic rings. The molecule has 0 saturated heterocycles. The van der Waals surface area contributed by atoms with Gasteiger partial charge in [0.25, 0.3) is 0 Å². The van der Waals surface area contributed by atoms with E-state index < -0.39 is 0 Å². The van der Waals surface area contributed by atoms with E-state index in [1.165, 1.54) is 6.07 Å². The summed E-state index contributed by atoms with van der Waals surface area (Å²) >= 11 is 9.47. The number of alkyl halides is 1. The normalized spacial score (nSPS) is 11.2. The van der Waals surface area contributed by atoms with E-state index >= 15 is 0 Å². The van der Waals surface area contributed by atoms with Crippen molar-refractivity contribution < 1.29 is 4.39 Å². The molecule has 0 fully saturated rings. The van der Waals surface area contributed by atoms with E-state index in [1.807, 2.05) is 34.9 Å². The number of hydrogen-bond donors (Lipinski definition) is 0. The number of hydrogen-bond acceptors (Lipinski definition) is 1. The molecule has 2 nitrogen and oxygen atoms in total. The SMILES string of the molecule is Fc1cccc2c1nc(CCl)n2Cc1ccccc1Br. The van der Waals surface area contributed by atoms with Gasteiger partial charge < -0.3 is 4.57 Å². The van der Waals surface area contributed by atoms with Crippen LogP contribution in [0, 0.1) is 5.82 Å². The maximum atomic E-state index is 13.8. The molecule has 102 valence electrons. The lowest BCUT2D eigenvalue weighted by atomic mass is 10.2. The van der Waals surface area contributed by atoms with Crippen molar-refractivity contribution >= 4 is 38.6 Å². The number of fused-ring (bicyclic) bond motifs is 1. The Morgan fingerprint density at radius 1 is 1.15 bits per heavy atom. The molecule has 0 N–H and O–H groups in total. The summed E-state index contributed by atoms with van der Waals surface area (Å²) in [6.07, 6.45) is 0.